The number of rotatable bonds is 4. The van der Waals surface area contributed by atoms with Crippen molar-refractivity contribution in [2.75, 3.05) is 11.9 Å². The topological polar surface area (TPSA) is 51.2 Å². The van der Waals surface area contributed by atoms with Crippen LogP contribution in [-0.4, -0.2) is 30.1 Å². The SMILES string of the molecule is O=C(Nc1ccc(OCC(F)(F)F)nc1)C(F)F. The zero-order valence-electron chi connectivity index (χ0n) is 8.67. The maximum atomic E-state index is 11.9. The molecule has 9 heteroatoms. The van der Waals surface area contributed by atoms with Gasteiger partial charge in [0.05, 0.1) is 11.9 Å². The second-order valence-corrected chi connectivity index (χ2v) is 3.08. The monoisotopic (exact) mass is 270 g/mol. The quantitative estimate of drug-likeness (QED) is 0.853. The van der Waals surface area contributed by atoms with E-state index in [-0.39, 0.29) is 11.6 Å². The second kappa shape index (κ2) is 5.61. The molecule has 0 fully saturated rings. The van der Waals surface area contributed by atoms with Crippen LogP contribution in [0.2, 0.25) is 0 Å². The van der Waals surface area contributed by atoms with E-state index in [1.165, 1.54) is 0 Å². The zero-order valence-corrected chi connectivity index (χ0v) is 8.67. The van der Waals surface area contributed by atoms with Crippen molar-refractivity contribution in [3.8, 4) is 5.88 Å². The lowest BCUT2D eigenvalue weighted by Crippen LogP contribution is -2.21. The molecule has 100 valence electrons. The Morgan fingerprint density at radius 1 is 1.39 bits per heavy atom. The molecule has 0 unspecified atom stereocenters. The number of hydrogen-bond acceptors (Lipinski definition) is 3. The molecule has 0 aliphatic heterocycles. The van der Waals surface area contributed by atoms with Gasteiger partial charge in [0.25, 0.3) is 5.91 Å². The molecule has 0 saturated carbocycles. The predicted molar refractivity (Wildman–Crippen MR) is 50.4 cm³/mol. The highest BCUT2D eigenvalue weighted by Crippen LogP contribution is 2.18. The van der Waals surface area contributed by atoms with Crippen molar-refractivity contribution >= 4 is 11.6 Å². The first kappa shape index (κ1) is 14.1. The minimum absolute atomic E-state index is 0.0698. The number of nitrogens with zero attached hydrogens (tertiary/aromatic N) is 1. The van der Waals surface area contributed by atoms with Crippen molar-refractivity contribution < 1.29 is 31.5 Å². The summed E-state index contributed by atoms with van der Waals surface area (Å²) >= 11 is 0. The highest BCUT2D eigenvalue weighted by molar-refractivity contribution is 5.92. The van der Waals surface area contributed by atoms with Crippen LogP contribution in [0, 0.1) is 0 Å². The van der Waals surface area contributed by atoms with E-state index in [0.717, 1.165) is 18.3 Å². The second-order valence-electron chi connectivity index (χ2n) is 3.08. The van der Waals surface area contributed by atoms with Crippen LogP contribution in [0.25, 0.3) is 0 Å². The Kier molecular flexibility index (Phi) is 4.40. The van der Waals surface area contributed by atoms with Crippen molar-refractivity contribution in [2.45, 2.75) is 12.6 Å². The molecule has 0 atom stereocenters. The van der Waals surface area contributed by atoms with Gasteiger partial charge in [-0.15, -0.1) is 0 Å². The molecule has 1 aromatic rings. The first-order valence-corrected chi connectivity index (χ1v) is 4.52. The fourth-order valence-corrected chi connectivity index (χ4v) is 0.892. The molecule has 1 rings (SSSR count). The molecule has 0 spiro atoms. The van der Waals surface area contributed by atoms with Crippen LogP contribution >= 0.6 is 0 Å². The number of ether oxygens (including phenoxy) is 1. The van der Waals surface area contributed by atoms with Gasteiger partial charge >= 0.3 is 12.6 Å². The normalized spacial score (nSPS) is 11.4. The van der Waals surface area contributed by atoms with Gasteiger partial charge < -0.3 is 10.1 Å². The van der Waals surface area contributed by atoms with Crippen LogP contribution in [-0.2, 0) is 4.79 Å². The summed E-state index contributed by atoms with van der Waals surface area (Å²) in [5.74, 6) is -1.86. The fourth-order valence-electron chi connectivity index (χ4n) is 0.892. The third kappa shape index (κ3) is 4.93. The number of alkyl halides is 5. The van der Waals surface area contributed by atoms with Gasteiger partial charge in [0.2, 0.25) is 5.88 Å². The highest BCUT2D eigenvalue weighted by Gasteiger charge is 2.28. The van der Waals surface area contributed by atoms with E-state index in [1.54, 1.807) is 0 Å². The molecular formula is C9H7F5N2O2. The average Bonchev–Trinajstić information content (AvgIpc) is 2.27. The van der Waals surface area contributed by atoms with E-state index in [4.69, 9.17) is 0 Å². The highest BCUT2D eigenvalue weighted by atomic mass is 19.4. The standard InChI is InChI=1S/C9H7F5N2O2/c10-7(11)8(17)16-5-1-2-6(15-3-5)18-4-9(12,13)14/h1-3,7H,4H2,(H,16,17). The Hall–Kier alpha value is -1.93. The van der Waals surface area contributed by atoms with E-state index >= 15 is 0 Å². The molecule has 0 aliphatic rings. The van der Waals surface area contributed by atoms with Gasteiger partial charge in [0.1, 0.15) is 0 Å². The third-order valence-electron chi connectivity index (χ3n) is 1.59. The lowest BCUT2D eigenvalue weighted by Gasteiger charge is -2.09. The Morgan fingerprint density at radius 2 is 2.06 bits per heavy atom. The van der Waals surface area contributed by atoms with Gasteiger partial charge in [-0.05, 0) is 6.07 Å². The van der Waals surface area contributed by atoms with Crippen LogP contribution in [0.15, 0.2) is 18.3 Å². The first-order chi connectivity index (χ1) is 8.28. The van der Waals surface area contributed by atoms with E-state index in [2.05, 4.69) is 9.72 Å². The van der Waals surface area contributed by atoms with Gasteiger partial charge in [-0.1, -0.05) is 0 Å². The number of pyridine rings is 1. The lowest BCUT2D eigenvalue weighted by atomic mass is 10.4. The molecular weight excluding hydrogens is 263 g/mol. The van der Waals surface area contributed by atoms with Crippen molar-refractivity contribution in [3.05, 3.63) is 18.3 Å². The number of carbonyl (C=O) groups is 1. The minimum atomic E-state index is -4.50. The minimum Gasteiger partial charge on any atom is -0.468 e. The number of nitrogens with one attached hydrogen (secondary N) is 1. The van der Waals surface area contributed by atoms with Gasteiger partial charge in [-0.2, -0.15) is 22.0 Å². The summed E-state index contributed by atoms with van der Waals surface area (Å²) in [6, 6.07) is 2.12. The molecule has 0 bridgehead atoms. The molecule has 1 heterocycles. The Bertz CT molecular complexity index is 404. The molecule has 0 radical (unpaired) electrons. The van der Waals surface area contributed by atoms with Crippen molar-refractivity contribution in [1.29, 1.82) is 0 Å². The lowest BCUT2D eigenvalue weighted by molar-refractivity contribution is -0.154. The largest absolute Gasteiger partial charge is 0.468 e. The molecule has 1 aromatic heterocycles. The average molecular weight is 270 g/mol. The molecule has 0 aliphatic carbocycles. The van der Waals surface area contributed by atoms with Crippen LogP contribution in [0.4, 0.5) is 27.6 Å². The van der Waals surface area contributed by atoms with Crippen molar-refractivity contribution in [2.24, 2.45) is 0 Å². The van der Waals surface area contributed by atoms with Gasteiger partial charge in [-0.25, -0.2) is 4.98 Å². The van der Waals surface area contributed by atoms with Crippen molar-refractivity contribution in [1.82, 2.24) is 4.98 Å². The van der Waals surface area contributed by atoms with E-state index in [1.807, 2.05) is 5.32 Å². The van der Waals surface area contributed by atoms with E-state index < -0.39 is 25.1 Å². The molecule has 0 saturated heterocycles. The predicted octanol–water partition coefficient (Wildman–Crippen LogP) is 2.23. The van der Waals surface area contributed by atoms with Crippen LogP contribution in [0.1, 0.15) is 0 Å². The number of aromatic nitrogens is 1. The Labute approximate surface area is 97.8 Å². The summed E-state index contributed by atoms with van der Waals surface area (Å²) in [4.78, 5) is 14.0. The smallest absolute Gasteiger partial charge is 0.422 e. The van der Waals surface area contributed by atoms with Crippen LogP contribution < -0.4 is 10.1 Å². The molecule has 4 nitrogen and oxygen atoms in total. The molecule has 0 aromatic carbocycles. The Morgan fingerprint density at radius 3 is 2.50 bits per heavy atom. The maximum absolute atomic E-state index is 11.9. The summed E-state index contributed by atoms with van der Waals surface area (Å²) in [5, 5.41) is 1.81. The number of anilines is 1. The molecule has 1 amide bonds. The summed E-state index contributed by atoms with van der Waals surface area (Å²) in [5.41, 5.74) is -0.0698. The summed E-state index contributed by atoms with van der Waals surface area (Å²) in [7, 11) is 0. The Balaban J connectivity index is 2.55. The summed E-state index contributed by atoms with van der Waals surface area (Å²) in [6.07, 6.45) is -6.78. The zero-order chi connectivity index (χ0) is 13.8. The molecule has 1 N–H and O–H groups in total. The van der Waals surface area contributed by atoms with Gasteiger partial charge in [-0.3, -0.25) is 4.79 Å². The number of amides is 1. The maximum Gasteiger partial charge on any atom is 0.422 e. The third-order valence-corrected chi connectivity index (χ3v) is 1.59. The number of hydrogen-bond donors (Lipinski definition) is 1. The first-order valence-electron chi connectivity index (χ1n) is 4.52. The number of halogens is 5. The number of carbonyl (C=O) groups excluding carboxylic acids is 1. The molecule has 18 heavy (non-hydrogen) atoms. The summed E-state index contributed by atoms with van der Waals surface area (Å²) in [6.45, 7) is -1.51. The van der Waals surface area contributed by atoms with E-state index in [0.29, 0.717) is 0 Å². The van der Waals surface area contributed by atoms with Crippen LogP contribution in [0.5, 0.6) is 5.88 Å². The van der Waals surface area contributed by atoms with E-state index in [9.17, 15) is 26.7 Å². The fraction of sp³-hybridized carbons (Fsp3) is 0.333. The van der Waals surface area contributed by atoms with Gasteiger partial charge in [0, 0.05) is 6.07 Å². The summed E-state index contributed by atoms with van der Waals surface area (Å²) < 4.78 is 63.4. The van der Waals surface area contributed by atoms with Crippen LogP contribution in [0.3, 0.4) is 0 Å². The van der Waals surface area contributed by atoms with Crippen molar-refractivity contribution in [3.63, 3.8) is 0 Å². The van der Waals surface area contributed by atoms with Gasteiger partial charge in [0.15, 0.2) is 6.61 Å².